The van der Waals surface area contributed by atoms with Gasteiger partial charge in [0.05, 0.1) is 12.7 Å². The first-order valence-corrected chi connectivity index (χ1v) is 7.64. The maximum Gasteiger partial charge on any atom is 0.111 e. The molecule has 4 heteroatoms. The predicted molar refractivity (Wildman–Crippen MR) is 88.3 cm³/mol. The molecule has 22 heavy (non-hydrogen) atoms. The molecule has 4 atom stereocenters. The van der Waals surface area contributed by atoms with E-state index in [1.165, 1.54) is 0 Å². The summed E-state index contributed by atoms with van der Waals surface area (Å²) in [5, 5.41) is 28.8. The molecule has 1 saturated heterocycles. The SMILES string of the molecule is C=C(C=Cc1ccccc1)CC1OC[C@@H](O)[C@H](O)[C@H]1O.CC. The maximum atomic E-state index is 9.84. The van der Waals surface area contributed by atoms with Crippen LogP contribution in [0, 0.1) is 0 Å². The van der Waals surface area contributed by atoms with Gasteiger partial charge in [-0.3, -0.25) is 0 Å². The summed E-state index contributed by atoms with van der Waals surface area (Å²) in [5.41, 5.74) is 1.86. The highest BCUT2D eigenvalue weighted by molar-refractivity contribution is 5.52. The Morgan fingerprint density at radius 1 is 1.18 bits per heavy atom. The first-order valence-electron chi connectivity index (χ1n) is 7.64. The van der Waals surface area contributed by atoms with Crippen LogP contribution >= 0.6 is 0 Å². The van der Waals surface area contributed by atoms with E-state index in [0.717, 1.165) is 11.1 Å². The highest BCUT2D eigenvalue weighted by Gasteiger charge is 2.37. The molecular weight excluding hydrogens is 280 g/mol. The Labute approximate surface area is 132 Å². The molecule has 1 aliphatic rings. The van der Waals surface area contributed by atoms with Gasteiger partial charge in [-0.2, -0.15) is 0 Å². The van der Waals surface area contributed by atoms with E-state index < -0.39 is 24.4 Å². The van der Waals surface area contributed by atoms with Gasteiger partial charge in [0, 0.05) is 6.42 Å². The number of rotatable bonds is 4. The zero-order valence-corrected chi connectivity index (χ0v) is 13.2. The van der Waals surface area contributed by atoms with E-state index >= 15 is 0 Å². The van der Waals surface area contributed by atoms with Crippen molar-refractivity contribution in [1.29, 1.82) is 0 Å². The summed E-state index contributed by atoms with van der Waals surface area (Å²) in [4.78, 5) is 0. The second kappa shape index (κ2) is 9.54. The molecule has 0 saturated carbocycles. The molecule has 4 nitrogen and oxygen atoms in total. The second-order valence-corrected chi connectivity index (χ2v) is 5.03. The van der Waals surface area contributed by atoms with E-state index in [-0.39, 0.29) is 6.61 Å². The summed E-state index contributed by atoms with van der Waals surface area (Å²) in [6, 6.07) is 9.82. The maximum absolute atomic E-state index is 9.84. The van der Waals surface area contributed by atoms with Crippen molar-refractivity contribution in [3.63, 3.8) is 0 Å². The van der Waals surface area contributed by atoms with Crippen molar-refractivity contribution in [3.05, 3.63) is 54.1 Å². The molecule has 1 aromatic carbocycles. The summed E-state index contributed by atoms with van der Waals surface area (Å²) in [6.07, 6.45) is 0.371. The molecule has 1 aromatic rings. The molecule has 3 N–H and O–H groups in total. The highest BCUT2D eigenvalue weighted by Crippen LogP contribution is 2.21. The van der Waals surface area contributed by atoms with E-state index in [4.69, 9.17) is 4.74 Å². The van der Waals surface area contributed by atoms with Crippen LogP contribution in [0.5, 0.6) is 0 Å². The summed E-state index contributed by atoms with van der Waals surface area (Å²) in [6.45, 7) is 7.95. The van der Waals surface area contributed by atoms with Crippen LogP contribution in [0.2, 0.25) is 0 Å². The topological polar surface area (TPSA) is 69.9 Å². The molecule has 0 amide bonds. The van der Waals surface area contributed by atoms with Gasteiger partial charge in [-0.25, -0.2) is 0 Å². The third kappa shape index (κ3) is 5.39. The first kappa shape index (κ1) is 18.6. The molecular formula is C18H26O4. The van der Waals surface area contributed by atoms with Gasteiger partial charge in [0.15, 0.2) is 0 Å². The normalized spacial score (nSPS) is 28.0. The van der Waals surface area contributed by atoms with Crippen molar-refractivity contribution < 1.29 is 20.1 Å². The average Bonchev–Trinajstić information content (AvgIpc) is 2.56. The van der Waals surface area contributed by atoms with Crippen molar-refractivity contribution in [3.8, 4) is 0 Å². The number of aliphatic hydroxyl groups excluding tert-OH is 3. The lowest BCUT2D eigenvalue weighted by Gasteiger charge is -2.35. The van der Waals surface area contributed by atoms with E-state index in [2.05, 4.69) is 6.58 Å². The number of hydrogen-bond donors (Lipinski definition) is 3. The van der Waals surface area contributed by atoms with Crippen LogP contribution < -0.4 is 0 Å². The molecule has 122 valence electrons. The van der Waals surface area contributed by atoms with Gasteiger partial charge in [0.2, 0.25) is 0 Å². The zero-order valence-electron chi connectivity index (χ0n) is 13.2. The molecule has 1 aliphatic heterocycles. The van der Waals surface area contributed by atoms with Gasteiger partial charge in [-0.05, 0) is 5.56 Å². The lowest BCUT2D eigenvalue weighted by Crippen LogP contribution is -2.52. The molecule has 0 radical (unpaired) electrons. The Morgan fingerprint density at radius 2 is 1.82 bits per heavy atom. The van der Waals surface area contributed by atoms with Crippen LogP contribution in [0.15, 0.2) is 48.6 Å². The number of hydrogen-bond acceptors (Lipinski definition) is 4. The Morgan fingerprint density at radius 3 is 2.45 bits per heavy atom. The summed E-state index contributed by atoms with van der Waals surface area (Å²) in [7, 11) is 0. The van der Waals surface area contributed by atoms with Gasteiger partial charge >= 0.3 is 0 Å². The largest absolute Gasteiger partial charge is 0.388 e. The standard InChI is InChI=1S/C16H20O4.C2H6/c1-11(7-8-12-5-3-2-4-6-12)9-14-16(19)15(18)13(17)10-20-14;1-2/h2-8,13-19H,1,9-10H2;1-2H3/t13-,14?,15+,16+;/m1./s1. The fourth-order valence-electron chi connectivity index (χ4n) is 2.15. The third-order valence-electron chi connectivity index (χ3n) is 3.38. The third-order valence-corrected chi connectivity index (χ3v) is 3.38. The Hall–Kier alpha value is -1.46. The monoisotopic (exact) mass is 306 g/mol. The fourth-order valence-corrected chi connectivity index (χ4v) is 2.15. The van der Waals surface area contributed by atoms with Crippen LogP contribution in [0.4, 0.5) is 0 Å². The second-order valence-electron chi connectivity index (χ2n) is 5.03. The van der Waals surface area contributed by atoms with E-state index in [1.54, 1.807) is 0 Å². The van der Waals surface area contributed by atoms with Crippen molar-refractivity contribution in [2.45, 2.75) is 44.7 Å². The Kier molecular flexibility index (Phi) is 8.06. The first-order chi connectivity index (χ1) is 10.6. The van der Waals surface area contributed by atoms with Gasteiger partial charge < -0.3 is 20.1 Å². The fraction of sp³-hybridized carbons (Fsp3) is 0.444. The van der Waals surface area contributed by atoms with Crippen molar-refractivity contribution in [2.75, 3.05) is 6.61 Å². The predicted octanol–water partition coefficient (Wildman–Crippen LogP) is 2.15. The van der Waals surface area contributed by atoms with Crippen LogP contribution in [0.1, 0.15) is 25.8 Å². The highest BCUT2D eigenvalue weighted by atomic mass is 16.5. The van der Waals surface area contributed by atoms with Crippen molar-refractivity contribution in [1.82, 2.24) is 0 Å². The van der Waals surface area contributed by atoms with E-state index in [9.17, 15) is 15.3 Å². The summed E-state index contributed by atoms with van der Waals surface area (Å²) >= 11 is 0. The van der Waals surface area contributed by atoms with Crippen LogP contribution in [-0.2, 0) is 4.74 Å². The molecule has 0 aromatic heterocycles. The number of aliphatic hydroxyl groups is 3. The molecule has 1 unspecified atom stereocenters. The summed E-state index contributed by atoms with van der Waals surface area (Å²) < 4.78 is 5.34. The lowest BCUT2D eigenvalue weighted by molar-refractivity contribution is -0.185. The molecule has 0 bridgehead atoms. The van der Waals surface area contributed by atoms with Crippen molar-refractivity contribution in [2.24, 2.45) is 0 Å². The Balaban J connectivity index is 0.00000116. The zero-order chi connectivity index (χ0) is 16.5. The number of ether oxygens (including phenoxy) is 1. The van der Waals surface area contributed by atoms with Crippen LogP contribution in [0.3, 0.4) is 0 Å². The van der Waals surface area contributed by atoms with Crippen LogP contribution in [0.25, 0.3) is 6.08 Å². The lowest BCUT2D eigenvalue weighted by atomic mass is 9.95. The van der Waals surface area contributed by atoms with Gasteiger partial charge in [-0.1, -0.05) is 68.5 Å². The minimum atomic E-state index is -1.17. The van der Waals surface area contributed by atoms with E-state index in [0.29, 0.717) is 6.42 Å². The summed E-state index contributed by atoms with van der Waals surface area (Å²) in [5.74, 6) is 0. The number of benzene rings is 1. The van der Waals surface area contributed by atoms with Crippen molar-refractivity contribution >= 4 is 6.08 Å². The van der Waals surface area contributed by atoms with Crippen LogP contribution in [-0.4, -0.2) is 46.3 Å². The minimum absolute atomic E-state index is 0.0264. The van der Waals surface area contributed by atoms with E-state index in [1.807, 2.05) is 56.3 Å². The number of allylic oxidation sites excluding steroid dienone is 1. The average molecular weight is 306 g/mol. The molecule has 2 rings (SSSR count). The van der Waals surface area contributed by atoms with Gasteiger partial charge in [0.1, 0.15) is 18.3 Å². The quantitative estimate of drug-likeness (QED) is 0.746. The smallest absolute Gasteiger partial charge is 0.111 e. The van der Waals surface area contributed by atoms with Gasteiger partial charge in [0.25, 0.3) is 0 Å². The molecule has 1 heterocycles. The molecule has 1 fully saturated rings. The Bertz CT molecular complexity index is 469. The minimum Gasteiger partial charge on any atom is -0.388 e. The molecule has 0 spiro atoms. The van der Waals surface area contributed by atoms with Gasteiger partial charge in [-0.15, -0.1) is 0 Å². The molecule has 0 aliphatic carbocycles.